The number of nitrogens with two attached hydrogens (primary N) is 1. The summed E-state index contributed by atoms with van der Waals surface area (Å²) in [6.45, 7) is -0.806. The molecule has 0 spiro atoms. The summed E-state index contributed by atoms with van der Waals surface area (Å²) in [5.41, 5.74) is 6.10. The number of fused-ring (bicyclic) bond motifs is 1. The molecule has 1 aliphatic rings. The summed E-state index contributed by atoms with van der Waals surface area (Å²) in [6.07, 6.45) is -3.22. The van der Waals surface area contributed by atoms with Crippen LogP contribution in [0.15, 0.2) is 12.7 Å². The maximum atomic E-state index is 11.5. The molecule has 27 heavy (non-hydrogen) atoms. The highest BCUT2D eigenvalue weighted by atomic mass is 31.2. The molecular formula is C11H14N5O9P2-3. The largest absolute Gasteiger partial charge is 0.810 e. The quantitative estimate of drug-likeness (QED) is 0.383. The lowest BCUT2D eigenvalue weighted by molar-refractivity contribution is -0.313. The van der Waals surface area contributed by atoms with Crippen molar-refractivity contribution >= 4 is 32.2 Å². The third kappa shape index (κ3) is 4.35. The standard InChI is InChI=1S/C11H17N5O9P2/c12-9-6-10(14-2-13-9)16(3-15-6)11-8(18)7(17)5(25-11)1-24-27(22,23)4-26(19,20)21/h2-3,5,7-8,11,17-18H,1,4H2,(H,22,23)(H2,12,13,14)(H2,19,20,21)/p-3/t5-,7-,8-,11-/m1/s1. The van der Waals surface area contributed by atoms with Gasteiger partial charge in [0, 0.05) is 5.90 Å². The number of hydrogen-bond acceptors (Lipinski definition) is 13. The lowest BCUT2D eigenvalue weighted by atomic mass is 10.1. The van der Waals surface area contributed by atoms with E-state index in [0.29, 0.717) is 0 Å². The molecule has 4 N–H and O–H groups in total. The first-order valence-electron chi connectivity index (χ1n) is 7.39. The van der Waals surface area contributed by atoms with Crippen LogP contribution in [0.4, 0.5) is 5.82 Å². The zero-order valence-electron chi connectivity index (χ0n) is 13.4. The SMILES string of the molecule is Nc1ncnc2c1ncn2[C@@H]1O[C@H](COP(=O)([O-])CP(=O)([O-])[O-])[C@@H](O)[C@H]1O. The summed E-state index contributed by atoms with van der Waals surface area (Å²) in [7, 11) is -10.4. The number of rotatable bonds is 6. The van der Waals surface area contributed by atoms with Crippen molar-refractivity contribution < 1.29 is 43.3 Å². The molecule has 1 aliphatic heterocycles. The fourth-order valence-electron chi connectivity index (χ4n) is 2.59. The number of aromatic nitrogens is 4. The van der Waals surface area contributed by atoms with E-state index in [-0.39, 0.29) is 17.0 Å². The maximum absolute atomic E-state index is 11.5. The summed E-state index contributed by atoms with van der Waals surface area (Å²) >= 11 is 0. The molecule has 0 aromatic carbocycles. The number of nitrogen functional groups attached to an aromatic ring is 1. The van der Waals surface area contributed by atoms with E-state index < -0.39 is 52.2 Å². The molecule has 0 radical (unpaired) electrons. The molecule has 1 saturated heterocycles. The van der Waals surface area contributed by atoms with Crippen molar-refractivity contribution in [3.05, 3.63) is 12.7 Å². The summed E-state index contributed by atoms with van der Waals surface area (Å²) in [5, 5.41) is 20.3. The van der Waals surface area contributed by atoms with Crippen molar-refractivity contribution in [2.24, 2.45) is 0 Å². The van der Waals surface area contributed by atoms with Crippen molar-refractivity contribution in [3.63, 3.8) is 0 Å². The predicted octanol–water partition coefficient (Wildman–Crippen LogP) is -3.53. The molecule has 16 heteroatoms. The van der Waals surface area contributed by atoms with Gasteiger partial charge in [0.05, 0.1) is 12.9 Å². The summed E-state index contributed by atoms with van der Waals surface area (Å²) in [6, 6.07) is 0. The molecule has 0 amide bonds. The lowest BCUT2D eigenvalue weighted by Gasteiger charge is -2.36. The molecule has 1 fully saturated rings. The molecule has 150 valence electrons. The molecule has 0 aliphatic carbocycles. The Morgan fingerprint density at radius 3 is 2.59 bits per heavy atom. The molecule has 5 atom stereocenters. The number of nitrogens with zero attached hydrogens (tertiary/aromatic N) is 4. The highest BCUT2D eigenvalue weighted by molar-refractivity contribution is 7.67. The second-order valence-electron chi connectivity index (χ2n) is 5.79. The van der Waals surface area contributed by atoms with Gasteiger partial charge in [-0.25, -0.2) is 15.0 Å². The van der Waals surface area contributed by atoms with Crippen LogP contribution in [-0.4, -0.2) is 60.6 Å². The molecule has 2 aromatic rings. The number of anilines is 1. The van der Waals surface area contributed by atoms with Gasteiger partial charge in [-0.05, 0) is 0 Å². The van der Waals surface area contributed by atoms with Crippen LogP contribution in [0.25, 0.3) is 11.2 Å². The number of ether oxygens (including phenoxy) is 1. The zero-order chi connectivity index (χ0) is 20.0. The van der Waals surface area contributed by atoms with Crippen molar-refractivity contribution in [2.45, 2.75) is 24.5 Å². The Bertz CT molecular complexity index is 932. The summed E-state index contributed by atoms with van der Waals surface area (Å²) in [5.74, 6) is -1.63. The molecule has 2 aromatic heterocycles. The number of aliphatic hydroxyl groups excluding tert-OH is 2. The highest BCUT2D eigenvalue weighted by Crippen LogP contribution is 2.48. The van der Waals surface area contributed by atoms with E-state index in [1.54, 1.807) is 0 Å². The van der Waals surface area contributed by atoms with Crippen molar-refractivity contribution in [1.82, 2.24) is 19.5 Å². The molecular weight excluding hydrogens is 408 g/mol. The van der Waals surface area contributed by atoms with Crippen LogP contribution in [0.5, 0.6) is 0 Å². The lowest BCUT2D eigenvalue weighted by Crippen LogP contribution is -2.34. The van der Waals surface area contributed by atoms with Gasteiger partial charge in [-0.15, -0.1) is 0 Å². The molecule has 3 heterocycles. The van der Waals surface area contributed by atoms with Gasteiger partial charge >= 0.3 is 0 Å². The molecule has 1 unspecified atom stereocenters. The Balaban J connectivity index is 1.75. The summed E-state index contributed by atoms with van der Waals surface area (Å²) < 4.78 is 33.2. The Morgan fingerprint density at radius 1 is 1.22 bits per heavy atom. The molecule has 14 nitrogen and oxygen atoms in total. The monoisotopic (exact) mass is 422 g/mol. The van der Waals surface area contributed by atoms with Crippen LogP contribution in [0.1, 0.15) is 6.23 Å². The predicted molar refractivity (Wildman–Crippen MR) is 81.7 cm³/mol. The summed E-state index contributed by atoms with van der Waals surface area (Å²) in [4.78, 5) is 44.4. The maximum Gasteiger partial charge on any atom is 0.167 e. The number of imidazole rings is 1. The van der Waals surface area contributed by atoms with E-state index in [4.69, 9.17) is 10.5 Å². The van der Waals surface area contributed by atoms with E-state index in [9.17, 15) is 34.0 Å². The first-order chi connectivity index (χ1) is 12.5. The highest BCUT2D eigenvalue weighted by Gasteiger charge is 2.44. The van der Waals surface area contributed by atoms with E-state index in [0.717, 1.165) is 6.33 Å². The fraction of sp³-hybridized carbons (Fsp3) is 0.545. The number of hydrogen-bond donors (Lipinski definition) is 3. The van der Waals surface area contributed by atoms with Gasteiger partial charge in [0.25, 0.3) is 0 Å². The zero-order valence-corrected chi connectivity index (χ0v) is 15.2. The van der Waals surface area contributed by atoms with Gasteiger partial charge < -0.3 is 49.0 Å². The van der Waals surface area contributed by atoms with Crippen LogP contribution in [0.2, 0.25) is 0 Å². The normalized spacial score (nSPS) is 28.5. The van der Waals surface area contributed by atoms with Gasteiger partial charge in [-0.1, -0.05) is 7.60 Å². The van der Waals surface area contributed by atoms with Gasteiger partial charge in [-0.3, -0.25) is 4.57 Å². The Hall–Kier alpha value is -1.47. The minimum atomic E-state index is -5.35. The number of aliphatic hydroxyl groups is 2. The van der Waals surface area contributed by atoms with Crippen LogP contribution >= 0.6 is 15.2 Å². The van der Waals surface area contributed by atoms with E-state index in [2.05, 4.69) is 19.5 Å². The van der Waals surface area contributed by atoms with E-state index in [1.807, 2.05) is 0 Å². The Morgan fingerprint density at radius 2 is 1.93 bits per heavy atom. The molecule has 3 rings (SSSR count). The average molecular weight is 422 g/mol. The minimum absolute atomic E-state index is 0.0821. The fourth-order valence-corrected chi connectivity index (χ4v) is 4.99. The Kier molecular flexibility index (Phi) is 5.38. The smallest absolute Gasteiger partial charge is 0.167 e. The van der Waals surface area contributed by atoms with Crippen LogP contribution < -0.4 is 20.4 Å². The minimum Gasteiger partial charge on any atom is -0.810 e. The van der Waals surface area contributed by atoms with Gasteiger partial charge in [0.15, 0.2) is 17.7 Å². The van der Waals surface area contributed by atoms with Crippen LogP contribution in [0, 0.1) is 0 Å². The van der Waals surface area contributed by atoms with Crippen LogP contribution in [-0.2, 0) is 18.4 Å². The average Bonchev–Trinajstić information content (AvgIpc) is 3.07. The third-order valence-electron chi connectivity index (χ3n) is 3.78. The van der Waals surface area contributed by atoms with Gasteiger partial charge in [0.2, 0.25) is 0 Å². The van der Waals surface area contributed by atoms with E-state index >= 15 is 0 Å². The first-order valence-corrected chi connectivity index (χ1v) is 10.8. The van der Waals surface area contributed by atoms with Crippen LogP contribution in [0.3, 0.4) is 0 Å². The second kappa shape index (κ2) is 7.17. The van der Waals surface area contributed by atoms with Gasteiger partial charge in [0.1, 0.15) is 37.8 Å². The first kappa shape index (κ1) is 20.3. The Labute approximate surface area is 151 Å². The van der Waals surface area contributed by atoms with Crippen molar-refractivity contribution in [3.8, 4) is 0 Å². The third-order valence-corrected chi connectivity index (χ3v) is 7.09. The second-order valence-corrected chi connectivity index (χ2v) is 9.62. The molecule has 0 bridgehead atoms. The van der Waals surface area contributed by atoms with Gasteiger partial charge in [-0.2, -0.15) is 0 Å². The van der Waals surface area contributed by atoms with Crippen molar-refractivity contribution in [2.75, 3.05) is 18.2 Å². The molecule has 0 saturated carbocycles. The van der Waals surface area contributed by atoms with Crippen molar-refractivity contribution in [1.29, 1.82) is 0 Å². The topological polar surface area (TPSA) is 232 Å². The van der Waals surface area contributed by atoms with E-state index in [1.165, 1.54) is 10.9 Å².